The van der Waals surface area contributed by atoms with Crippen LogP contribution in [0.2, 0.25) is 0 Å². The molecule has 1 saturated heterocycles. The summed E-state index contributed by atoms with van der Waals surface area (Å²) in [5.41, 5.74) is 0. The van der Waals surface area contributed by atoms with E-state index in [4.69, 9.17) is 4.74 Å². The molecule has 0 aromatic heterocycles. The van der Waals surface area contributed by atoms with E-state index in [1.807, 2.05) is 6.92 Å². The first kappa shape index (κ1) is 6.01. The lowest BCUT2D eigenvalue weighted by molar-refractivity contribution is -0.00121. The van der Waals surface area contributed by atoms with Crippen LogP contribution in [0.4, 0.5) is 0 Å². The number of hydrogen-bond donors (Lipinski definition) is 0. The van der Waals surface area contributed by atoms with Crippen LogP contribution < -0.4 is 0 Å². The lowest BCUT2D eigenvalue weighted by Crippen LogP contribution is -2.37. The smallest absolute Gasteiger partial charge is 0.0665 e. The van der Waals surface area contributed by atoms with Crippen LogP contribution in [0, 0.1) is 5.21 Å². The molecule has 1 heterocycles. The summed E-state index contributed by atoms with van der Waals surface area (Å²) in [5.74, 6) is 0. The summed E-state index contributed by atoms with van der Waals surface area (Å²) in [5, 5.41) is 11.5. The molecule has 3 nitrogen and oxygen atoms in total. The summed E-state index contributed by atoms with van der Waals surface area (Å²) in [6.45, 7) is 3.55. The quantitative estimate of drug-likeness (QED) is 0.453. The van der Waals surface area contributed by atoms with Crippen LogP contribution in [0.25, 0.3) is 0 Å². The molecule has 1 aliphatic rings. The highest BCUT2D eigenvalue weighted by Crippen LogP contribution is 2.00. The molecule has 0 radical (unpaired) electrons. The highest BCUT2D eigenvalue weighted by molar-refractivity contribution is 4.66. The van der Waals surface area contributed by atoms with Gasteiger partial charge in [-0.15, -0.1) is 0 Å². The molecule has 1 fully saturated rings. The summed E-state index contributed by atoms with van der Waals surface area (Å²) in [6.07, 6.45) is 0.126. The van der Waals surface area contributed by atoms with E-state index < -0.39 is 0 Å². The molecule has 0 aromatic carbocycles. The van der Waals surface area contributed by atoms with E-state index in [2.05, 4.69) is 0 Å². The standard InChI is InChI=1S/C5H10NO2/c1-5-4-6(7)2-3-8-5/h5H,2-4H2,1H3/q-1/t5-/m1/s1. The fourth-order valence-electron chi connectivity index (χ4n) is 0.786. The Morgan fingerprint density at radius 2 is 2.50 bits per heavy atom. The van der Waals surface area contributed by atoms with Crippen molar-refractivity contribution >= 4 is 0 Å². The molecule has 3 heteroatoms. The topological polar surface area (TPSA) is 35.5 Å². The first-order valence-corrected chi connectivity index (χ1v) is 2.83. The maximum atomic E-state index is 10.5. The third-order valence-electron chi connectivity index (χ3n) is 1.20. The van der Waals surface area contributed by atoms with Gasteiger partial charge >= 0.3 is 0 Å². The Balaban J connectivity index is 2.23. The molecule has 0 aliphatic carbocycles. The summed E-state index contributed by atoms with van der Waals surface area (Å²) in [4.78, 5) is 0. The lowest BCUT2D eigenvalue weighted by Gasteiger charge is -2.35. The van der Waals surface area contributed by atoms with Crippen molar-refractivity contribution in [3.05, 3.63) is 5.21 Å². The fraction of sp³-hybridized carbons (Fsp3) is 1.00. The van der Waals surface area contributed by atoms with Crippen LogP contribution in [-0.2, 0) is 4.74 Å². The summed E-state index contributed by atoms with van der Waals surface area (Å²) in [6, 6.07) is 0. The van der Waals surface area contributed by atoms with Gasteiger partial charge in [-0.3, -0.25) is 0 Å². The molecule has 0 aromatic rings. The van der Waals surface area contributed by atoms with Gasteiger partial charge in [-0.25, -0.2) is 0 Å². The highest BCUT2D eigenvalue weighted by atomic mass is 16.5. The third-order valence-corrected chi connectivity index (χ3v) is 1.20. The SMILES string of the molecule is C[C@@H]1CN([O-])CCO1. The first-order chi connectivity index (χ1) is 3.79. The van der Waals surface area contributed by atoms with Gasteiger partial charge in [0.15, 0.2) is 0 Å². The number of rotatable bonds is 0. The second kappa shape index (κ2) is 2.44. The van der Waals surface area contributed by atoms with Crippen molar-refractivity contribution in [1.82, 2.24) is 5.06 Å². The van der Waals surface area contributed by atoms with Crippen LogP contribution in [0.1, 0.15) is 6.92 Å². The normalized spacial score (nSPS) is 33.0. The van der Waals surface area contributed by atoms with E-state index in [9.17, 15) is 5.21 Å². The molecule has 1 aliphatic heterocycles. The number of nitrogens with zero attached hydrogens (tertiary/aromatic N) is 1. The molecule has 8 heavy (non-hydrogen) atoms. The Bertz CT molecular complexity index is 68.8. The molecule has 1 rings (SSSR count). The number of morpholine rings is 1. The Labute approximate surface area is 48.8 Å². The van der Waals surface area contributed by atoms with E-state index in [0.29, 0.717) is 19.7 Å². The van der Waals surface area contributed by atoms with Crippen LogP contribution in [0.15, 0.2) is 0 Å². The predicted molar refractivity (Wildman–Crippen MR) is 30.4 cm³/mol. The maximum Gasteiger partial charge on any atom is 0.0665 e. The predicted octanol–water partition coefficient (Wildman–Crippen LogP) is 0.205. The average molecular weight is 116 g/mol. The van der Waals surface area contributed by atoms with Crippen molar-refractivity contribution in [3.63, 3.8) is 0 Å². The monoisotopic (exact) mass is 116 g/mol. The van der Waals surface area contributed by atoms with Crippen molar-refractivity contribution in [1.29, 1.82) is 0 Å². The Hall–Kier alpha value is -0.120. The molecule has 48 valence electrons. The second-order valence-corrected chi connectivity index (χ2v) is 2.07. The minimum absolute atomic E-state index is 0.126. The van der Waals surface area contributed by atoms with Gasteiger partial charge in [0.05, 0.1) is 12.7 Å². The molecule has 0 N–H and O–H groups in total. The Morgan fingerprint density at radius 1 is 1.75 bits per heavy atom. The molecule has 0 spiro atoms. The Morgan fingerprint density at radius 3 is 2.88 bits per heavy atom. The molecule has 0 saturated carbocycles. The van der Waals surface area contributed by atoms with E-state index in [-0.39, 0.29) is 6.10 Å². The van der Waals surface area contributed by atoms with Gasteiger partial charge in [-0.2, -0.15) is 0 Å². The van der Waals surface area contributed by atoms with Crippen LogP contribution >= 0.6 is 0 Å². The number of ether oxygens (including phenoxy) is 1. The number of hydrogen-bond acceptors (Lipinski definition) is 3. The van der Waals surface area contributed by atoms with Crippen molar-refractivity contribution in [2.75, 3.05) is 19.7 Å². The zero-order valence-corrected chi connectivity index (χ0v) is 4.96. The van der Waals surface area contributed by atoms with E-state index in [1.165, 1.54) is 0 Å². The van der Waals surface area contributed by atoms with Gasteiger partial charge in [0.1, 0.15) is 0 Å². The molecular formula is C5H10NO2-. The van der Waals surface area contributed by atoms with Crippen molar-refractivity contribution in [3.8, 4) is 0 Å². The van der Waals surface area contributed by atoms with Gasteiger partial charge in [0.25, 0.3) is 0 Å². The summed E-state index contributed by atoms with van der Waals surface area (Å²) in [7, 11) is 0. The maximum absolute atomic E-state index is 10.5. The van der Waals surface area contributed by atoms with Crippen molar-refractivity contribution < 1.29 is 4.74 Å². The lowest BCUT2D eigenvalue weighted by atomic mass is 10.3. The average Bonchev–Trinajstić information content (AvgIpc) is 1.64. The van der Waals surface area contributed by atoms with Gasteiger partial charge in [0.2, 0.25) is 0 Å². The first-order valence-electron chi connectivity index (χ1n) is 2.83. The van der Waals surface area contributed by atoms with Crippen LogP contribution in [0.5, 0.6) is 0 Å². The molecular weight excluding hydrogens is 106 g/mol. The van der Waals surface area contributed by atoms with Crippen molar-refractivity contribution in [2.24, 2.45) is 0 Å². The van der Waals surface area contributed by atoms with E-state index >= 15 is 0 Å². The minimum atomic E-state index is 0.126. The fourth-order valence-corrected chi connectivity index (χ4v) is 0.786. The van der Waals surface area contributed by atoms with Crippen LogP contribution in [0.3, 0.4) is 0 Å². The minimum Gasteiger partial charge on any atom is -0.785 e. The highest BCUT2D eigenvalue weighted by Gasteiger charge is 2.07. The zero-order valence-electron chi connectivity index (χ0n) is 4.96. The van der Waals surface area contributed by atoms with Gasteiger partial charge in [0, 0.05) is 13.1 Å². The summed E-state index contributed by atoms with van der Waals surface area (Å²) >= 11 is 0. The van der Waals surface area contributed by atoms with Gasteiger partial charge in [-0.05, 0) is 6.92 Å². The van der Waals surface area contributed by atoms with Gasteiger partial charge < -0.3 is 15.0 Å². The second-order valence-electron chi connectivity index (χ2n) is 2.07. The Kier molecular flexibility index (Phi) is 1.83. The van der Waals surface area contributed by atoms with Crippen molar-refractivity contribution in [2.45, 2.75) is 13.0 Å². The molecule has 0 amide bonds. The number of hydroxylamine groups is 2. The molecule has 0 unspecified atom stereocenters. The van der Waals surface area contributed by atoms with E-state index in [0.717, 1.165) is 5.06 Å². The largest absolute Gasteiger partial charge is 0.785 e. The van der Waals surface area contributed by atoms with E-state index in [1.54, 1.807) is 0 Å². The zero-order chi connectivity index (χ0) is 5.98. The van der Waals surface area contributed by atoms with Crippen LogP contribution in [-0.4, -0.2) is 30.9 Å². The third kappa shape index (κ3) is 1.43. The molecule has 0 bridgehead atoms. The van der Waals surface area contributed by atoms with Gasteiger partial charge in [-0.1, -0.05) is 0 Å². The summed E-state index contributed by atoms with van der Waals surface area (Å²) < 4.78 is 5.11. The molecule has 1 atom stereocenters.